The number of rotatable bonds is 5. The van der Waals surface area contributed by atoms with E-state index >= 15 is 0 Å². The maximum absolute atomic E-state index is 13.8. The molecule has 3 rings (SSSR count). The summed E-state index contributed by atoms with van der Waals surface area (Å²) < 4.78 is 56.9. The Morgan fingerprint density at radius 2 is 1.71 bits per heavy atom. The van der Waals surface area contributed by atoms with Crippen LogP contribution in [0.25, 0.3) is 0 Å². The number of alkyl halides is 3. The van der Waals surface area contributed by atoms with Crippen LogP contribution in [0.1, 0.15) is 68.9 Å². The van der Waals surface area contributed by atoms with Crippen molar-refractivity contribution in [2.24, 2.45) is 11.8 Å². The molecule has 0 N–H and O–H groups in total. The quantitative estimate of drug-likeness (QED) is 0.480. The van der Waals surface area contributed by atoms with Gasteiger partial charge in [-0.15, -0.1) is 0 Å². The fourth-order valence-electron chi connectivity index (χ4n) is 4.69. The molecule has 2 fully saturated rings. The summed E-state index contributed by atoms with van der Waals surface area (Å²) in [6.07, 6.45) is 2.13. The van der Waals surface area contributed by atoms with Crippen LogP contribution in [0, 0.1) is 11.8 Å². The third kappa shape index (κ3) is 5.82. The van der Waals surface area contributed by atoms with Crippen LogP contribution in [0.3, 0.4) is 0 Å². The highest BCUT2D eigenvalue weighted by Crippen LogP contribution is 2.40. The van der Waals surface area contributed by atoms with Gasteiger partial charge in [0, 0.05) is 11.8 Å². The zero-order valence-corrected chi connectivity index (χ0v) is 16.5. The number of allylic oxidation sites excluding steroid dienone is 2. The third-order valence-corrected chi connectivity index (χ3v) is 6.29. The molecule has 1 aliphatic heterocycles. The van der Waals surface area contributed by atoms with Gasteiger partial charge in [-0.25, -0.2) is 4.39 Å². The molecule has 0 aromatic heterocycles. The van der Waals surface area contributed by atoms with Crippen LogP contribution in [-0.4, -0.2) is 18.9 Å². The summed E-state index contributed by atoms with van der Waals surface area (Å²) in [4.78, 5) is 0. The highest BCUT2D eigenvalue weighted by molar-refractivity contribution is 5.26. The first-order valence-electron chi connectivity index (χ1n) is 10.5. The first-order valence-corrected chi connectivity index (χ1v) is 10.5. The monoisotopic (exact) mass is 398 g/mol. The van der Waals surface area contributed by atoms with Crippen molar-refractivity contribution in [1.29, 1.82) is 0 Å². The maximum Gasteiger partial charge on any atom is 0.412 e. The Bertz CT molecular complexity index is 634. The minimum Gasteiger partial charge on any atom is -0.377 e. The molecule has 0 spiro atoms. The normalized spacial score (nSPS) is 29.7. The summed E-state index contributed by atoms with van der Waals surface area (Å²) in [5, 5.41) is 0. The molecule has 5 heteroatoms. The Hall–Kier alpha value is -1.36. The van der Waals surface area contributed by atoms with Gasteiger partial charge in [-0.1, -0.05) is 37.6 Å². The minimum absolute atomic E-state index is 0.159. The third-order valence-electron chi connectivity index (χ3n) is 6.29. The average Bonchev–Trinajstić information content (AvgIpc) is 2.68. The number of ether oxygens (including phenoxy) is 1. The highest BCUT2D eigenvalue weighted by atomic mass is 19.4. The first-order chi connectivity index (χ1) is 13.4. The lowest BCUT2D eigenvalue weighted by Crippen LogP contribution is -2.33. The van der Waals surface area contributed by atoms with Gasteiger partial charge in [0.1, 0.15) is 5.83 Å². The highest BCUT2D eigenvalue weighted by Gasteiger charge is 2.34. The van der Waals surface area contributed by atoms with E-state index in [1.165, 1.54) is 11.1 Å². The van der Waals surface area contributed by atoms with Gasteiger partial charge in [0.15, 0.2) is 0 Å². The average molecular weight is 398 g/mol. The molecule has 0 radical (unpaired) electrons. The zero-order chi connectivity index (χ0) is 20.1. The molecule has 2 unspecified atom stereocenters. The molecule has 1 saturated carbocycles. The number of hydrogen-bond acceptors (Lipinski definition) is 1. The summed E-state index contributed by atoms with van der Waals surface area (Å²) in [6.45, 7) is 2.87. The van der Waals surface area contributed by atoms with Crippen molar-refractivity contribution in [3.63, 3.8) is 0 Å². The molecule has 0 bridgehead atoms. The predicted molar refractivity (Wildman–Crippen MR) is 103 cm³/mol. The van der Waals surface area contributed by atoms with Crippen LogP contribution in [0.5, 0.6) is 0 Å². The van der Waals surface area contributed by atoms with E-state index in [0.29, 0.717) is 31.3 Å². The van der Waals surface area contributed by atoms with E-state index in [4.69, 9.17) is 4.74 Å². The largest absolute Gasteiger partial charge is 0.412 e. The van der Waals surface area contributed by atoms with Gasteiger partial charge in [0.2, 0.25) is 0 Å². The summed E-state index contributed by atoms with van der Waals surface area (Å²) in [5.74, 6) is -0.851. The Labute approximate surface area is 165 Å². The smallest absolute Gasteiger partial charge is 0.377 e. The Kier molecular flexibility index (Phi) is 7.19. The van der Waals surface area contributed by atoms with E-state index in [2.05, 4.69) is 31.2 Å². The summed E-state index contributed by atoms with van der Waals surface area (Å²) in [5.41, 5.74) is 2.69. The number of halogens is 4. The molecular weight excluding hydrogens is 368 g/mol. The van der Waals surface area contributed by atoms with Crippen LogP contribution < -0.4 is 0 Å². The van der Waals surface area contributed by atoms with Gasteiger partial charge in [-0.2, -0.15) is 13.2 Å². The van der Waals surface area contributed by atoms with Crippen LogP contribution in [0.4, 0.5) is 17.6 Å². The van der Waals surface area contributed by atoms with E-state index < -0.39 is 17.9 Å². The van der Waals surface area contributed by atoms with Crippen LogP contribution in [0.15, 0.2) is 36.2 Å². The van der Waals surface area contributed by atoms with Crippen molar-refractivity contribution in [3.05, 3.63) is 47.3 Å². The van der Waals surface area contributed by atoms with Gasteiger partial charge in [-0.05, 0) is 62.0 Å². The second-order valence-corrected chi connectivity index (χ2v) is 8.32. The van der Waals surface area contributed by atoms with Crippen LogP contribution in [-0.2, 0) is 11.2 Å². The van der Waals surface area contributed by atoms with E-state index in [9.17, 15) is 17.6 Å². The number of hydrogen-bond donors (Lipinski definition) is 0. The lowest BCUT2D eigenvalue weighted by atomic mass is 9.76. The van der Waals surface area contributed by atoms with Crippen LogP contribution in [0.2, 0.25) is 0 Å². The molecular formula is C23H30F4O. The van der Waals surface area contributed by atoms with Crippen molar-refractivity contribution in [3.8, 4) is 0 Å². The molecule has 1 nitrogen and oxygen atoms in total. The lowest BCUT2D eigenvalue weighted by Gasteiger charge is -2.37. The van der Waals surface area contributed by atoms with Gasteiger partial charge >= 0.3 is 6.18 Å². The second-order valence-electron chi connectivity index (χ2n) is 8.32. The van der Waals surface area contributed by atoms with Crippen molar-refractivity contribution in [1.82, 2.24) is 0 Å². The van der Waals surface area contributed by atoms with Crippen molar-refractivity contribution < 1.29 is 22.3 Å². The molecule has 1 aliphatic carbocycles. The molecule has 28 heavy (non-hydrogen) atoms. The van der Waals surface area contributed by atoms with Crippen LogP contribution >= 0.6 is 0 Å². The fraction of sp³-hybridized carbons (Fsp3) is 0.652. The summed E-state index contributed by atoms with van der Waals surface area (Å²) in [7, 11) is 0. The Morgan fingerprint density at radius 3 is 2.25 bits per heavy atom. The lowest BCUT2D eigenvalue weighted by molar-refractivity contribution is -0.0824. The standard InChI is InChI=1S/C23H30F4O/c1-2-3-16-4-6-17(7-5-16)20-12-13-22(28-15-20)19-10-8-18(9-11-19)21(24)14-23(25,26)27/h4-7,14,18-20,22H,2-3,8-13,15H2,1H3. The Balaban J connectivity index is 1.46. The minimum atomic E-state index is -4.57. The second kappa shape index (κ2) is 9.43. The molecule has 1 saturated heterocycles. The van der Waals surface area contributed by atoms with Gasteiger partial charge in [0.25, 0.3) is 0 Å². The van der Waals surface area contributed by atoms with Gasteiger partial charge in [-0.3, -0.25) is 0 Å². The Morgan fingerprint density at radius 1 is 1.04 bits per heavy atom. The molecule has 2 atom stereocenters. The number of benzene rings is 1. The van der Waals surface area contributed by atoms with E-state index in [1.54, 1.807) is 0 Å². The summed E-state index contributed by atoms with van der Waals surface area (Å²) in [6, 6.07) is 8.82. The van der Waals surface area contributed by atoms with Crippen molar-refractivity contribution in [2.45, 2.75) is 76.5 Å². The molecule has 2 aliphatic rings. The molecule has 0 amide bonds. The zero-order valence-electron chi connectivity index (χ0n) is 16.5. The topological polar surface area (TPSA) is 9.23 Å². The molecule has 1 heterocycles. The van der Waals surface area contributed by atoms with Gasteiger partial charge in [0.05, 0.1) is 18.8 Å². The van der Waals surface area contributed by atoms with Crippen molar-refractivity contribution in [2.75, 3.05) is 6.61 Å². The maximum atomic E-state index is 13.8. The van der Waals surface area contributed by atoms with Crippen molar-refractivity contribution >= 4 is 0 Å². The molecule has 1 aromatic carbocycles. The van der Waals surface area contributed by atoms with E-state index in [-0.39, 0.29) is 12.2 Å². The molecule has 1 aromatic rings. The van der Waals surface area contributed by atoms with E-state index in [0.717, 1.165) is 38.5 Å². The molecule has 156 valence electrons. The fourth-order valence-corrected chi connectivity index (χ4v) is 4.69. The number of aryl methyl sites for hydroxylation is 1. The van der Waals surface area contributed by atoms with Gasteiger partial charge < -0.3 is 4.74 Å². The van der Waals surface area contributed by atoms with E-state index in [1.807, 2.05) is 0 Å². The predicted octanol–water partition coefficient (Wildman–Crippen LogP) is 7.12. The summed E-state index contributed by atoms with van der Waals surface area (Å²) >= 11 is 0. The SMILES string of the molecule is CCCc1ccc(C2CCC(C3CCC(C(F)=CC(F)(F)F)CC3)OC2)cc1. The first kappa shape index (κ1) is 21.4.